The Balaban J connectivity index is 2.31. The molecule has 0 amide bonds. The normalized spacial score (nSPS) is 13.9. The molecule has 0 radical (unpaired) electrons. The lowest BCUT2D eigenvalue weighted by atomic mass is 9.98. The highest BCUT2D eigenvalue weighted by molar-refractivity contribution is 9.10. The molecular weight excluding hydrogens is 296 g/mol. The first-order valence-electron chi connectivity index (χ1n) is 6.65. The van der Waals surface area contributed by atoms with Crippen molar-refractivity contribution in [2.75, 3.05) is 0 Å². The predicted octanol–water partition coefficient (Wildman–Crippen LogP) is 4.11. The lowest BCUT2D eigenvalue weighted by Crippen LogP contribution is -2.27. The Hall–Kier alpha value is -1.60. The van der Waals surface area contributed by atoms with E-state index in [9.17, 15) is 0 Å². The van der Waals surface area contributed by atoms with Crippen LogP contribution in [0.2, 0.25) is 0 Å². The van der Waals surface area contributed by atoms with Crippen LogP contribution in [-0.4, -0.2) is 0 Å². The molecule has 0 fully saturated rings. The van der Waals surface area contributed by atoms with E-state index in [1.807, 2.05) is 0 Å². The van der Waals surface area contributed by atoms with E-state index < -0.39 is 0 Å². The van der Waals surface area contributed by atoms with Gasteiger partial charge in [0.1, 0.15) is 0 Å². The van der Waals surface area contributed by atoms with E-state index in [1.165, 1.54) is 36.5 Å². The summed E-state index contributed by atoms with van der Waals surface area (Å²) in [6.07, 6.45) is 6.98. The van der Waals surface area contributed by atoms with Crippen LogP contribution in [0.5, 0.6) is 0 Å². The summed E-state index contributed by atoms with van der Waals surface area (Å²) < 4.78 is 1.24. The van der Waals surface area contributed by atoms with Crippen molar-refractivity contribution in [1.29, 1.82) is 0 Å². The second-order valence-corrected chi connectivity index (χ2v) is 5.85. The minimum Gasteiger partial charge on any atom is -0.0763 e. The molecular formula is C18H13Br. The summed E-state index contributed by atoms with van der Waals surface area (Å²) >= 11 is 3.80. The maximum Gasteiger partial charge on any atom is 0.0329 e. The van der Waals surface area contributed by atoms with Crippen LogP contribution in [-0.2, 0) is 0 Å². The van der Waals surface area contributed by atoms with E-state index in [4.69, 9.17) is 0 Å². The standard InChI is InChI=1S/C18H13Br/c19-18-15-8-4-2-6-13(15)11-17-14-7-3-1-5-12(14)9-10-16(17)18/h1,3,5-11H,2,4H2. The van der Waals surface area contributed by atoms with Gasteiger partial charge in [-0.3, -0.25) is 0 Å². The number of hydrogen-bond donors (Lipinski definition) is 0. The van der Waals surface area contributed by atoms with Gasteiger partial charge in [0.15, 0.2) is 0 Å². The Morgan fingerprint density at radius 3 is 2.58 bits per heavy atom. The van der Waals surface area contributed by atoms with Gasteiger partial charge in [0.2, 0.25) is 0 Å². The van der Waals surface area contributed by atoms with Gasteiger partial charge in [-0.2, -0.15) is 0 Å². The van der Waals surface area contributed by atoms with Crippen LogP contribution in [0, 0.1) is 0 Å². The molecule has 92 valence electrons. The summed E-state index contributed by atoms with van der Waals surface area (Å²) in [7, 11) is 0. The van der Waals surface area contributed by atoms with Crippen LogP contribution in [0.4, 0.5) is 0 Å². The fraction of sp³-hybridized carbons (Fsp3) is 0.111. The van der Waals surface area contributed by atoms with Crippen molar-refractivity contribution < 1.29 is 0 Å². The van der Waals surface area contributed by atoms with Gasteiger partial charge in [0.05, 0.1) is 0 Å². The zero-order chi connectivity index (χ0) is 12.8. The molecule has 3 aromatic rings. The second kappa shape index (κ2) is 4.21. The van der Waals surface area contributed by atoms with E-state index in [2.05, 4.69) is 70.5 Å². The van der Waals surface area contributed by atoms with Crippen molar-refractivity contribution in [1.82, 2.24) is 0 Å². The summed E-state index contributed by atoms with van der Waals surface area (Å²) in [6.45, 7) is 0. The highest BCUT2D eigenvalue weighted by Gasteiger charge is 2.07. The van der Waals surface area contributed by atoms with Crippen LogP contribution < -0.4 is 10.4 Å². The molecule has 0 N–H and O–H groups in total. The zero-order valence-corrected chi connectivity index (χ0v) is 12.1. The molecule has 0 bridgehead atoms. The van der Waals surface area contributed by atoms with Crippen molar-refractivity contribution in [2.45, 2.75) is 12.8 Å². The van der Waals surface area contributed by atoms with Gasteiger partial charge in [-0.15, -0.1) is 0 Å². The largest absolute Gasteiger partial charge is 0.0763 e. The first kappa shape index (κ1) is 11.2. The molecule has 0 atom stereocenters. The number of halogens is 1. The van der Waals surface area contributed by atoms with Crippen molar-refractivity contribution in [3.05, 3.63) is 57.4 Å². The lowest BCUT2D eigenvalue weighted by Gasteiger charge is -2.09. The monoisotopic (exact) mass is 308 g/mol. The molecule has 0 aromatic heterocycles. The van der Waals surface area contributed by atoms with Crippen molar-refractivity contribution in [3.63, 3.8) is 0 Å². The Morgan fingerprint density at radius 1 is 0.789 bits per heavy atom. The molecule has 1 aliphatic rings. The molecule has 3 aromatic carbocycles. The zero-order valence-electron chi connectivity index (χ0n) is 10.5. The van der Waals surface area contributed by atoms with Crippen LogP contribution in [0.1, 0.15) is 12.8 Å². The third kappa shape index (κ3) is 1.65. The average molecular weight is 309 g/mol. The Morgan fingerprint density at radius 2 is 1.63 bits per heavy atom. The van der Waals surface area contributed by atoms with Crippen LogP contribution in [0.3, 0.4) is 0 Å². The molecule has 0 heterocycles. The summed E-state index contributed by atoms with van der Waals surface area (Å²) in [5.41, 5.74) is 0. The SMILES string of the molecule is Brc1c2c(cc3c1ccc1ccccc13)=CCCC=2. The molecule has 0 saturated heterocycles. The van der Waals surface area contributed by atoms with E-state index in [1.54, 1.807) is 0 Å². The third-order valence-electron chi connectivity index (χ3n) is 3.93. The minimum atomic E-state index is 1.14. The van der Waals surface area contributed by atoms with Crippen LogP contribution in [0.25, 0.3) is 33.7 Å². The maximum absolute atomic E-state index is 3.80. The van der Waals surface area contributed by atoms with E-state index >= 15 is 0 Å². The lowest BCUT2D eigenvalue weighted by molar-refractivity contribution is 1.12. The summed E-state index contributed by atoms with van der Waals surface area (Å²) in [5.74, 6) is 0. The summed E-state index contributed by atoms with van der Waals surface area (Å²) in [5, 5.41) is 8.01. The van der Waals surface area contributed by atoms with Gasteiger partial charge in [0, 0.05) is 4.47 Å². The molecule has 0 aliphatic heterocycles. The molecule has 19 heavy (non-hydrogen) atoms. The minimum absolute atomic E-state index is 1.14. The smallest absolute Gasteiger partial charge is 0.0329 e. The van der Waals surface area contributed by atoms with Crippen LogP contribution >= 0.6 is 15.9 Å². The van der Waals surface area contributed by atoms with Crippen molar-refractivity contribution >= 4 is 49.6 Å². The van der Waals surface area contributed by atoms with E-state index in [0.29, 0.717) is 0 Å². The highest BCUT2D eigenvalue weighted by Crippen LogP contribution is 2.27. The quantitative estimate of drug-likeness (QED) is 0.548. The Labute approximate surface area is 120 Å². The Bertz CT molecular complexity index is 920. The second-order valence-electron chi connectivity index (χ2n) is 5.06. The summed E-state index contributed by atoms with van der Waals surface area (Å²) in [4.78, 5) is 0. The van der Waals surface area contributed by atoms with Gasteiger partial charge < -0.3 is 0 Å². The van der Waals surface area contributed by atoms with Gasteiger partial charge in [-0.25, -0.2) is 0 Å². The first-order valence-corrected chi connectivity index (χ1v) is 7.44. The number of rotatable bonds is 0. The van der Waals surface area contributed by atoms with Gasteiger partial charge >= 0.3 is 0 Å². The Kier molecular flexibility index (Phi) is 2.49. The topological polar surface area (TPSA) is 0 Å². The molecule has 1 aliphatic carbocycles. The molecule has 4 rings (SSSR count). The number of benzene rings is 3. The molecule has 0 nitrogen and oxygen atoms in total. The van der Waals surface area contributed by atoms with Gasteiger partial charge in [-0.1, -0.05) is 48.6 Å². The summed E-state index contributed by atoms with van der Waals surface area (Å²) in [6, 6.07) is 15.4. The molecule has 0 saturated carbocycles. The molecule has 0 spiro atoms. The van der Waals surface area contributed by atoms with Gasteiger partial charge in [0.25, 0.3) is 0 Å². The van der Waals surface area contributed by atoms with E-state index in [0.717, 1.165) is 12.8 Å². The molecule has 1 heteroatoms. The van der Waals surface area contributed by atoms with Crippen LogP contribution in [0.15, 0.2) is 46.9 Å². The average Bonchev–Trinajstić information content (AvgIpc) is 2.47. The molecule has 0 unspecified atom stereocenters. The number of hydrogen-bond acceptors (Lipinski definition) is 0. The third-order valence-corrected chi connectivity index (χ3v) is 4.79. The van der Waals surface area contributed by atoms with E-state index in [-0.39, 0.29) is 0 Å². The maximum atomic E-state index is 3.80. The fourth-order valence-electron chi connectivity index (χ4n) is 2.99. The fourth-order valence-corrected chi connectivity index (χ4v) is 3.73. The first-order chi connectivity index (χ1) is 9.34. The predicted molar refractivity (Wildman–Crippen MR) is 86.6 cm³/mol. The van der Waals surface area contributed by atoms with Crippen molar-refractivity contribution in [2.24, 2.45) is 0 Å². The number of fused-ring (bicyclic) bond motifs is 4. The highest BCUT2D eigenvalue weighted by atomic mass is 79.9. The van der Waals surface area contributed by atoms with Crippen molar-refractivity contribution in [3.8, 4) is 0 Å². The van der Waals surface area contributed by atoms with Gasteiger partial charge in [-0.05, 0) is 66.8 Å².